The summed E-state index contributed by atoms with van der Waals surface area (Å²) in [5, 5.41) is 14.2. The summed E-state index contributed by atoms with van der Waals surface area (Å²) in [5.41, 5.74) is 1.33. The van der Waals surface area contributed by atoms with Gasteiger partial charge in [-0.1, -0.05) is 23.8 Å². The van der Waals surface area contributed by atoms with Crippen molar-refractivity contribution < 1.29 is 9.66 Å². The third kappa shape index (κ3) is 4.73. The molecule has 1 N–H and O–H groups in total. The van der Waals surface area contributed by atoms with Crippen molar-refractivity contribution in [2.75, 3.05) is 25.1 Å². The van der Waals surface area contributed by atoms with Gasteiger partial charge >= 0.3 is 0 Å². The van der Waals surface area contributed by atoms with Gasteiger partial charge in [-0.05, 0) is 19.1 Å². The van der Waals surface area contributed by atoms with Crippen molar-refractivity contribution in [1.82, 2.24) is 0 Å². The van der Waals surface area contributed by atoms with E-state index in [0.29, 0.717) is 30.5 Å². The Morgan fingerprint density at radius 1 is 1.61 bits per heavy atom. The highest BCUT2D eigenvalue weighted by Crippen LogP contribution is 2.27. The SMILES string of the molecule is C=C(C)COCCNc1cc(Cl)ccc1[N+](=O)[O-]. The molecule has 0 fully saturated rings. The van der Waals surface area contributed by atoms with Crippen LogP contribution in [0, 0.1) is 10.1 Å². The summed E-state index contributed by atoms with van der Waals surface area (Å²) in [6.07, 6.45) is 0. The van der Waals surface area contributed by atoms with E-state index in [1.807, 2.05) is 6.92 Å². The van der Waals surface area contributed by atoms with Gasteiger partial charge in [0.05, 0.1) is 18.1 Å². The topological polar surface area (TPSA) is 64.4 Å². The maximum Gasteiger partial charge on any atom is 0.292 e. The van der Waals surface area contributed by atoms with E-state index in [4.69, 9.17) is 16.3 Å². The van der Waals surface area contributed by atoms with Crippen LogP contribution in [0.1, 0.15) is 6.92 Å². The molecule has 98 valence electrons. The minimum absolute atomic E-state index is 0.000647. The average molecular weight is 271 g/mol. The number of nitrogens with zero attached hydrogens (tertiary/aromatic N) is 1. The highest BCUT2D eigenvalue weighted by Gasteiger charge is 2.13. The molecule has 5 nitrogen and oxygen atoms in total. The van der Waals surface area contributed by atoms with Crippen LogP contribution in [0.5, 0.6) is 0 Å². The summed E-state index contributed by atoms with van der Waals surface area (Å²) in [5.74, 6) is 0. The lowest BCUT2D eigenvalue weighted by atomic mass is 10.2. The van der Waals surface area contributed by atoms with Crippen LogP contribution in [0.2, 0.25) is 5.02 Å². The molecule has 0 saturated carbocycles. The van der Waals surface area contributed by atoms with Crippen LogP contribution in [0.25, 0.3) is 0 Å². The van der Waals surface area contributed by atoms with Gasteiger partial charge in [-0.3, -0.25) is 10.1 Å². The Morgan fingerprint density at radius 3 is 2.94 bits per heavy atom. The first kappa shape index (κ1) is 14.5. The second-order valence-electron chi connectivity index (χ2n) is 3.86. The summed E-state index contributed by atoms with van der Waals surface area (Å²) in [6.45, 7) is 6.97. The molecule has 1 aromatic rings. The Balaban J connectivity index is 2.53. The van der Waals surface area contributed by atoms with E-state index in [1.165, 1.54) is 18.2 Å². The molecule has 0 aliphatic rings. The van der Waals surface area contributed by atoms with Gasteiger partial charge in [0.2, 0.25) is 0 Å². The molecule has 0 aliphatic heterocycles. The van der Waals surface area contributed by atoms with Crippen LogP contribution in [0.3, 0.4) is 0 Å². The molecule has 0 aliphatic carbocycles. The van der Waals surface area contributed by atoms with Crippen LogP contribution in [0.4, 0.5) is 11.4 Å². The van der Waals surface area contributed by atoms with E-state index in [2.05, 4.69) is 11.9 Å². The van der Waals surface area contributed by atoms with Crippen molar-refractivity contribution >= 4 is 23.0 Å². The van der Waals surface area contributed by atoms with E-state index in [1.54, 1.807) is 0 Å². The zero-order valence-electron chi connectivity index (χ0n) is 10.1. The minimum Gasteiger partial charge on any atom is -0.377 e. The molecule has 1 rings (SSSR count). The van der Waals surface area contributed by atoms with Gasteiger partial charge in [0.1, 0.15) is 5.69 Å². The maximum absolute atomic E-state index is 10.8. The van der Waals surface area contributed by atoms with E-state index in [-0.39, 0.29) is 5.69 Å². The number of ether oxygens (including phenoxy) is 1. The Bertz CT molecular complexity index is 449. The van der Waals surface area contributed by atoms with Gasteiger partial charge in [-0.15, -0.1) is 0 Å². The third-order valence-electron chi connectivity index (χ3n) is 2.07. The highest BCUT2D eigenvalue weighted by atomic mass is 35.5. The zero-order valence-corrected chi connectivity index (χ0v) is 10.9. The van der Waals surface area contributed by atoms with Crippen molar-refractivity contribution in [3.05, 3.63) is 45.5 Å². The van der Waals surface area contributed by atoms with Crippen molar-refractivity contribution in [3.8, 4) is 0 Å². The number of nitrogens with one attached hydrogen (secondary N) is 1. The van der Waals surface area contributed by atoms with Crippen LogP contribution < -0.4 is 5.32 Å². The summed E-state index contributed by atoms with van der Waals surface area (Å²) >= 11 is 5.80. The van der Waals surface area contributed by atoms with Gasteiger partial charge in [0, 0.05) is 17.6 Å². The molecule has 0 radical (unpaired) electrons. The number of anilines is 1. The largest absolute Gasteiger partial charge is 0.377 e. The molecule has 6 heteroatoms. The number of nitro groups is 1. The zero-order chi connectivity index (χ0) is 13.5. The van der Waals surface area contributed by atoms with Gasteiger partial charge in [0.15, 0.2) is 0 Å². The molecule has 0 aromatic heterocycles. The van der Waals surface area contributed by atoms with E-state index in [0.717, 1.165) is 5.57 Å². The van der Waals surface area contributed by atoms with Crippen molar-refractivity contribution in [1.29, 1.82) is 0 Å². The summed E-state index contributed by atoms with van der Waals surface area (Å²) in [4.78, 5) is 10.3. The fourth-order valence-electron chi connectivity index (χ4n) is 1.31. The van der Waals surface area contributed by atoms with E-state index in [9.17, 15) is 10.1 Å². The van der Waals surface area contributed by atoms with Crippen LogP contribution in [-0.2, 0) is 4.74 Å². The Hall–Kier alpha value is -1.59. The second kappa shape index (κ2) is 6.98. The second-order valence-corrected chi connectivity index (χ2v) is 4.29. The molecule has 1 aromatic carbocycles. The Labute approximate surface area is 111 Å². The summed E-state index contributed by atoms with van der Waals surface area (Å²) < 4.78 is 5.28. The van der Waals surface area contributed by atoms with Crippen LogP contribution in [-0.4, -0.2) is 24.7 Å². The summed E-state index contributed by atoms with van der Waals surface area (Å²) in [6, 6.07) is 4.39. The number of nitro benzene ring substituents is 1. The number of rotatable bonds is 7. The van der Waals surface area contributed by atoms with E-state index < -0.39 is 4.92 Å². The first-order chi connectivity index (χ1) is 8.50. The molecule has 0 amide bonds. The van der Waals surface area contributed by atoms with Crippen molar-refractivity contribution in [2.24, 2.45) is 0 Å². The van der Waals surface area contributed by atoms with E-state index >= 15 is 0 Å². The molecule has 18 heavy (non-hydrogen) atoms. The number of benzene rings is 1. The lowest BCUT2D eigenvalue weighted by Gasteiger charge is -2.08. The lowest BCUT2D eigenvalue weighted by molar-refractivity contribution is -0.384. The monoisotopic (exact) mass is 270 g/mol. The first-order valence-electron chi connectivity index (χ1n) is 5.40. The molecule has 0 spiro atoms. The quantitative estimate of drug-likeness (QED) is 0.357. The van der Waals surface area contributed by atoms with Crippen molar-refractivity contribution in [3.63, 3.8) is 0 Å². The number of halogens is 1. The molecule has 0 atom stereocenters. The van der Waals surface area contributed by atoms with Gasteiger partial charge in [-0.2, -0.15) is 0 Å². The fraction of sp³-hybridized carbons (Fsp3) is 0.333. The lowest BCUT2D eigenvalue weighted by Crippen LogP contribution is -2.11. The van der Waals surface area contributed by atoms with Crippen LogP contribution >= 0.6 is 11.6 Å². The molecule has 0 bridgehead atoms. The first-order valence-corrected chi connectivity index (χ1v) is 5.78. The Kier molecular flexibility index (Phi) is 5.61. The molecular weight excluding hydrogens is 256 g/mol. The Morgan fingerprint density at radius 2 is 2.33 bits per heavy atom. The fourth-order valence-corrected chi connectivity index (χ4v) is 1.49. The molecule has 0 saturated heterocycles. The number of hydrogen-bond acceptors (Lipinski definition) is 4. The summed E-state index contributed by atoms with van der Waals surface area (Å²) in [7, 11) is 0. The third-order valence-corrected chi connectivity index (χ3v) is 2.30. The van der Waals surface area contributed by atoms with Crippen molar-refractivity contribution in [2.45, 2.75) is 6.92 Å². The highest BCUT2D eigenvalue weighted by molar-refractivity contribution is 6.31. The molecule has 0 heterocycles. The average Bonchev–Trinajstić information content (AvgIpc) is 2.27. The normalized spacial score (nSPS) is 10.1. The predicted octanol–water partition coefficient (Wildman–Crippen LogP) is 3.25. The number of hydrogen-bond donors (Lipinski definition) is 1. The standard InChI is InChI=1S/C12H15ClN2O3/c1-9(2)8-18-6-5-14-11-7-10(13)3-4-12(11)15(16)17/h3-4,7,14H,1,5-6,8H2,2H3. The van der Waals surface area contributed by atoms with Gasteiger partial charge < -0.3 is 10.1 Å². The van der Waals surface area contributed by atoms with Crippen LogP contribution in [0.15, 0.2) is 30.4 Å². The smallest absolute Gasteiger partial charge is 0.292 e. The minimum atomic E-state index is -0.451. The molecule has 0 unspecified atom stereocenters. The molecular formula is C12H15ClN2O3. The van der Waals surface area contributed by atoms with Gasteiger partial charge in [-0.25, -0.2) is 0 Å². The predicted molar refractivity (Wildman–Crippen MR) is 72.2 cm³/mol. The maximum atomic E-state index is 10.8. The van der Waals surface area contributed by atoms with Gasteiger partial charge in [0.25, 0.3) is 5.69 Å².